The number of Topliss-reactive ketones (excluding diaryl/α,β-unsaturated/α-hetero) is 1. The van der Waals surface area contributed by atoms with E-state index in [1.54, 1.807) is 23.1 Å². The molecule has 2 aliphatic heterocycles. The van der Waals surface area contributed by atoms with Crippen LogP contribution in [0.1, 0.15) is 49.9 Å². The molecule has 6 nitrogen and oxygen atoms in total. The van der Waals surface area contributed by atoms with Gasteiger partial charge in [-0.1, -0.05) is 37.6 Å². The topological polar surface area (TPSA) is 70.1 Å². The van der Waals surface area contributed by atoms with Crippen LogP contribution >= 0.6 is 11.6 Å². The smallest absolute Gasteiger partial charge is 0.295 e. The first-order valence-electron chi connectivity index (χ1n) is 11.9. The van der Waals surface area contributed by atoms with Crippen LogP contribution in [0.3, 0.4) is 0 Å². The number of halogens is 1. The first kappa shape index (κ1) is 24.3. The Hall–Kier alpha value is -2.83. The van der Waals surface area contributed by atoms with Crippen molar-refractivity contribution in [2.24, 2.45) is 0 Å². The second-order valence-corrected chi connectivity index (χ2v) is 9.32. The predicted octanol–water partition coefficient (Wildman–Crippen LogP) is 4.82. The Balaban J connectivity index is 1.72. The number of aliphatic hydroxyl groups excluding tert-OH is 1. The first-order valence-corrected chi connectivity index (χ1v) is 12.3. The van der Waals surface area contributed by atoms with Crippen LogP contribution in [0.15, 0.2) is 48.0 Å². The summed E-state index contributed by atoms with van der Waals surface area (Å²) in [7, 11) is 0. The number of hydrogen-bond donors (Lipinski definition) is 1. The van der Waals surface area contributed by atoms with Crippen LogP contribution < -0.4 is 4.74 Å². The Kier molecular flexibility index (Phi) is 7.29. The fraction of sp³-hybridized carbons (Fsp3) is 0.407. The highest BCUT2D eigenvalue weighted by Gasteiger charge is 2.45. The van der Waals surface area contributed by atoms with Crippen LogP contribution in [0, 0.1) is 0 Å². The quantitative estimate of drug-likeness (QED) is 0.332. The number of benzene rings is 2. The van der Waals surface area contributed by atoms with Gasteiger partial charge in [0.1, 0.15) is 17.6 Å². The van der Waals surface area contributed by atoms with Gasteiger partial charge < -0.3 is 19.6 Å². The Morgan fingerprint density at radius 1 is 1.15 bits per heavy atom. The van der Waals surface area contributed by atoms with Crippen molar-refractivity contribution in [3.05, 3.63) is 69.8 Å². The molecule has 1 saturated heterocycles. The van der Waals surface area contributed by atoms with E-state index in [9.17, 15) is 14.7 Å². The van der Waals surface area contributed by atoms with Gasteiger partial charge >= 0.3 is 0 Å². The maximum Gasteiger partial charge on any atom is 0.295 e. The van der Waals surface area contributed by atoms with Crippen molar-refractivity contribution in [2.45, 2.75) is 45.8 Å². The van der Waals surface area contributed by atoms with Crippen molar-refractivity contribution in [2.75, 3.05) is 26.2 Å². The Bertz CT molecular complexity index is 1110. The number of ether oxygens (including phenoxy) is 1. The summed E-state index contributed by atoms with van der Waals surface area (Å²) < 4.78 is 5.76. The van der Waals surface area contributed by atoms with E-state index in [4.69, 9.17) is 16.3 Å². The van der Waals surface area contributed by atoms with Crippen LogP contribution in [0.2, 0.25) is 5.02 Å². The maximum absolute atomic E-state index is 13.2. The van der Waals surface area contributed by atoms with Gasteiger partial charge in [0.25, 0.3) is 11.7 Å². The van der Waals surface area contributed by atoms with Crippen molar-refractivity contribution in [3.8, 4) is 5.75 Å². The van der Waals surface area contributed by atoms with E-state index in [1.807, 2.05) is 31.2 Å². The molecule has 4 rings (SSSR count). The number of aliphatic hydroxyl groups is 1. The lowest BCUT2D eigenvalue weighted by Gasteiger charge is -2.27. The summed E-state index contributed by atoms with van der Waals surface area (Å²) in [5, 5.41) is 11.9. The number of amides is 1. The molecule has 0 aromatic heterocycles. The molecular formula is C27H31ClN2O4. The van der Waals surface area contributed by atoms with Gasteiger partial charge in [-0.15, -0.1) is 0 Å². The molecule has 1 fully saturated rings. The lowest BCUT2D eigenvalue weighted by Crippen LogP contribution is -2.33. The average molecular weight is 483 g/mol. The molecule has 1 amide bonds. The molecule has 2 atom stereocenters. The number of carbonyl (C=O) groups excluding carboxylic acids is 2. The van der Waals surface area contributed by atoms with Gasteiger partial charge in [-0.25, -0.2) is 0 Å². The monoisotopic (exact) mass is 482 g/mol. The molecule has 2 aromatic carbocycles. The number of ketones is 1. The molecule has 180 valence electrons. The zero-order chi connectivity index (χ0) is 24.4. The summed E-state index contributed by atoms with van der Waals surface area (Å²) in [6, 6.07) is 11.8. The molecule has 2 aromatic rings. The second-order valence-electron chi connectivity index (χ2n) is 8.88. The van der Waals surface area contributed by atoms with Crippen LogP contribution in [0.5, 0.6) is 5.75 Å². The molecule has 0 saturated carbocycles. The zero-order valence-corrected chi connectivity index (χ0v) is 20.6. The normalized spacial score (nSPS) is 21.3. The van der Waals surface area contributed by atoms with Gasteiger partial charge in [0.05, 0.1) is 11.6 Å². The molecule has 1 N–H and O–H groups in total. The van der Waals surface area contributed by atoms with E-state index in [1.165, 1.54) is 0 Å². The van der Waals surface area contributed by atoms with E-state index in [0.29, 0.717) is 17.1 Å². The predicted molar refractivity (Wildman–Crippen MR) is 133 cm³/mol. The van der Waals surface area contributed by atoms with Crippen LogP contribution in [-0.2, 0) is 16.0 Å². The largest absolute Gasteiger partial charge is 0.507 e. The van der Waals surface area contributed by atoms with Gasteiger partial charge in [0.15, 0.2) is 0 Å². The average Bonchev–Trinajstić information content (AvgIpc) is 3.32. The Labute approximate surface area is 205 Å². The van der Waals surface area contributed by atoms with Crippen molar-refractivity contribution < 1.29 is 19.4 Å². The first-order chi connectivity index (χ1) is 16.3. The summed E-state index contributed by atoms with van der Waals surface area (Å²) in [4.78, 5) is 30.2. The number of likely N-dealkylation sites (tertiary alicyclic amines) is 1. The van der Waals surface area contributed by atoms with E-state index < -0.39 is 17.7 Å². The molecule has 2 heterocycles. The van der Waals surface area contributed by atoms with E-state index in [2.05, 4.69) is 18.7 Å². The highest BCUT2D eigenvalue weighted by Crippen LogP contribution is 2.40. The summed E-state index contributed by atoms with van der Waals surface area (Å²) in [6.45, 7) is 9.29. The van der Waals surface area contributed by atoms with Gasteiger partial charge in [0.2, 0.25) is 0 Å². The minimum Gasteiger partial charge on any atom is -0.507 e. The van der Waals surface area contributed by atoms with Gasteiger partial charge in [0, 0.05) is 23.6 Å². The van der Waals surface area contributed by atoms with Crippen molar-refractivity contribution >= 4 is 29.1 Å². The molecule has 0 bridgehead atoms. The molecular weight excluding hydrogens is 452 g/mol. The standard InChI is InChI=1S/C27H31ClN2O4/c1-4-29(5-2)13-6-14-30-24(18-7-10-21(28)11-8-18)23(26(32)27(30)33)25(31)19-9-12-22-20(16-19)15-17(3)34-22/h7-12,16-17,24,31H,4-6,13-15H2,1-3H3/b25-23+/t17-,24-/m1/s1. The summed E-state index contributed by atoms with van der Waals surface area (Å²) in [5.74, 6) is -0.619. The van der Waals surface area contributed by atoms with Gasteiger partial charge in [-0.05, 0) is 74.4 Å². The van der Waals surface area contributed by atoms with Crippen LogP contribution in [0.25, 0.3) is 5.76 Å². The zero-order valence-electron chi connectivity index (χ0n) is 19.9. The lowest BCUT2D eigenvalue weighted by atomic mass is 9.94. The number of hydrogen-bond acceptors (Lipinski definition) is 5. The van der Waals surface area contributed by atoms with Gasteiger partial charge in [-0.2, -0.15) is 0 Å². The highest BCUT2D eigenvalue weighted by molar-refractivity contribution is 6.46. The Morgan fingerprint density at radius 2 is 1.85 bits per heavy atom. The minimum atomic E-state index is -0.669. The third-order valence-electron chi connectivity index (χ3n) is 6.66. The second kappa shape index (κ2) is 10.2. The number of carbonyl (C=O) groups is 2. The van der Waals surface area contributed by atoms with E-state index >= 15 is 0 Å². The minimum absolute atomic E-state index is 0.0675. The molecule has 0 unspecified atom stereocenters. The van der Waals surface area contributed by atoms with Crippen LogP contribution in [0.4, 0.5) is 0 Å². The van der Waals surface area contributed by atoms with E-state index in [-0.39, 0.29) is 17.4 Å². The highest BCUT2D eigenvalue weighted by atomic mass is 35.5. The maximum atomic E-state index is 13.2. The molecule has 0 radical (unpaired) electrons. The van der Waals surface area contributed by atoms with E-state index in [0.717, 1.165) is 49.4 Å². The molecule has 2 aliphatic rings. The molecule has 0 spiro atoms. The SMILES string of the molecule is CCN(CC)CCCN1C(=O)C(=O)/C(=C(/O)c2ccc3c(c2)C[C@@H](C)O3)[C@H]1c1ccc(Cl)cc1. The summed E-state index contributed by atoms with van der Waals surface area (Å²) in [5.41, 5.74) is 2.35. The fourth-order valence-electron chi connectivity index (χ4n) is 4.83. The summed E-state index contributed by atoms with van der Waals surface area (Å²) in [6.07, 6.45) is 1.53. The molecule has 34 heavy (non-hydrogen) atoms. The van der Waals surface area contributed by atoms with Crippen molar-refractivity contribution in [1.29, 1.82) is 0 Å². The molecule has 7 heteroatoms. The number of nitrogens with zero attached hydrogens (tertiary/aromatic N) is 2. The fourth-order valence-corrected chi connectivity index (χ4v) is 4.96. The third kappa shape index (κ3) is 4.70. The van der Waals surface area contributed by atoms with Crippen LogP contribution in [-0.4, -0.2) is 58.9 Å². The Morgan fingerprint density at radius 3 is 2.53 bits per heavy atom. The summed E-state index contributed by atoms with van der Waals surface area (Å²) >= 11 is 6.10. The number of fused-ring (bicyclic) bond motifs is 1. The lowest BCUT2D eigenvalue weighted by molar-refractivity contribution is -0.140. The number of rotatable bonds is 8. The molecule has 0 aliphatic carbocycles. The van der Waals surface area contributed by atoms with Crippen molar-refractivity contribution in [1.82, 2.24) is 9.80 Å². The van der Waals surface area contributed by atoms with Crippen molar-refractivity contribution in [3.63, 3.8) is 0 Å². The van der Waals surface area contributed by atoms with Gasteiger partial charge in [-0.3, -0.25) is 9.59 Å². The third-order valence-corrected chi connectivity index (χ3v) is 6.91.